The van der Waals surface area contributed by atoms with Crippen molar-refractivity contribution in [3.05, 3.63) is 154 Å². The van der Waals surface area contributed by atoms with E-state index in [1.807, 2.05) is 77.4 Å². The molecule has 0 bridgehead atoms. The molecule has 13 nitrogen and oxygen atoms in total. The number of amides is 1. The first-order chi connectivity index (χ1) is 30.4. The van der Waals surface area contributed by atoms with Crippen molar-refractivity contribution < 1.29 is 28.5 Å². The number of nitrogens with one attached hydrogen (secondary N) is 1. The zero-order valence-corrected chi connectivity index (χ0v) is 37.7. The molecule has 1 fully saturated rings. The molecule has 0 atom stereocenters. The highest BCUT2D eigenvalue weighted by Crippen LogP contribution is 2.33. The van der Waals surface area contributed by atoms with Gasteiger partial charge in [0.05, 0.1) is 57.6 Å². The summed E-state index contributed by atoms with van der Waals surface area (Å²) in [5.41, 5.74) is 12.2. The van der Waals surface area contributed by atoms with Crippen molar-refractivity contribution in [1.82, 2.24) is 19.2 Å². The Morgan fingerprint density at radius 3 is 2.03 bits per heavy atom. The molecule has 7 aromatic rings. The van der Waals surface area contributed by atoms with Crippen LogP contribution in [0.2, 0.25) is 35.7 Å². The van der Waals surface area contributed by atoms with Crippen LogP contribution >= 0.6 is 23.2 Å². The predicted molar refractivity (Wildman–Crippen MR) is 251 cm³/mol. The van der Waals surface area contributed by atoms with Gasteiger partial charge in [0.1, 0.15) is 35.5 Å². The molecule has 2 aromatic heterocycles. The maximum absolute atomic E-state index is 14.2. The third kappa shape index (κ3) is 11.3. The third-order valence-electron chi connectivity index (χ3n) is 10.1. The summed E-state index contributed by atoms with van der Waals surface area (Å²) in [4.78, 5) is 29.2. The average Bonchev–Trinajstić information content (AvgIpc) is 3.85. The first-order valence-corrected chi connectivity index (χ1v) is 24.8. The zero-order chi connectivity index (χ0) is 44.5. The van der Waals surface area contributed by atoms with Gasteiger partial charge in [0.25, 0.3) is 5.91 Å². The molecule has 0 unspecified atom stereocenters. The molecule has 3 heterocycles. The van der Waals surface area contributed by atoms with Crippen LogP contribution in [-0.2, 0) is 16.2 Å². The summed E-state index contributed by atoms with van der Waals surface area (Å²) in [5, 5.41) is 6.07. The second-order valence-corrected chi connectivity index (χ2v) is 22.3. The van der Waals surface area contributed by atoms with Gasteiger partial charge in [-0.05, 0) is 78.8 Å². The molecule has 1 aliphatic rings. The van der Waals surface area contributed by atoms with Crippen molar-refractivity contribution in [2.24, 2.45) is 5.84 Å². The molecule has 1 aliphatic heterocycles. The maximum Gasteiger partial charge on any atom is 0.254 e. The van der Waals surface area contributed by atoms with Crippen LogP contribution in [0, 0.1) is 0 Å². The standard InChI is InChI=1S/C35H38ClN5O5Si.C12H11ClN2O/c1-47(2,3)18-17-45-23-40-30-11-9-24(35(43)39-13-15-44-16-14-39)19-25(30)20-32(40)33(42)28-22-38-41(34(28)37)31-12-10-27(21-29(31)36)46-26-7-5-4-6-8-26;13-11-8-10(6-7-12(11)15-14)16-9-4-2-1-3-5-9/h4-12,19-22H,13-18,23,37H2,1-3H3;1-8,15H,14H2. The highest BCUT2D eigenvalue weighted by Gasteiger charge is 2.25. The molecule has 8 rings (SSSR count). The van der Waals surface area contributed by atoms with Gasteiger partial charge in [-0.1, -0.05) is 79.2 Å². The number of rotatable bonds is 14. The number of fused-ring (bicyclic) bond motifs is 1. The normalized spacial score (nSPS) is 12.7. The fourth-order valence-corrected chi connectivity index (χ4v) is 7.96. The Balaban J connectivity index is 0.000000312. The van der Waals surface area contributed by atoms with Crippen molar-refractivity contribution in [3.8, 4) is 28.7 Å². The average molecular weight is 907 g/mol. The van der Waals surface area contributed by atoms with Crippen LogP contribution in [0.25, 0.3) is 16.6 Å². The zero-order valence-electron chi connectivity index (χ0n) is 35.2. The first kappa shape index (κ1) is 44.9. The lowest BCUT2D eigenvalue weighted by molar-refractivity contribution is 0.0303. The van der Waals surface area contributed by atoms with Crippen LogP contribution in [0.5, 0.6) is 23.0 Å². The van der Waals surface area contributed by atoms with Crippen LogP contribution in [0.15, 0.2) is 128 Å². The Hall–Kier alpha value is -6.13. The molecule has 1 amide bonds. The van der Waals surface area contributed by atoms with Crippen molar-refractivity contribution in [3.63, 3.8) is 0 Å². The fourth-order valence-electron chi connectivity index (χ4n) is 6.73. The molecule has 0 radical (unpaired) electrons. The van der Waals surface area contributed by atoms with E-state index in [1.165, 1.54) is 10.9 Å². The van der Waals surface area contributed by atoms with Crippen molar-refractivity contribution in [2.45, 2.75) is 32.4 Å². The molecule has 1 saturated heterocycles. The number of hydrazine groups is 1. The summed E-state index contributed by atoms with van der Waals surface area (Å²) in [6.07, 6.45) is 1.45. The number of ether oxygens (including phenoxy) is 4. The van der Waals surface area contributed by atoms with Gasteiger partial charge in [0.2, 0.25) is 5.78 Å². The Bertz CT molecular complexity index is 2680. The number of halogens is 2. The van der Waals surface area contributed by atoms with Gasteiger partial charge in [-0.25, -0.2) is 4.68 Å². The van der Waals surface area contributed by atoms with E-state index in [0.717, 1.165) is 22.7 Å². The molecule has 326 valence electrons. The number of benzene rings is 5. The van der Waals surface area contributed by atoms with Gasteiger partial charge in [-0.3, -0.25) is 15.4 Å². The summed E-state index contributed by atoms with van der Waals surface area (Å²) < 4.78 is 26.3. The van der Waals surface area contributed by atoms with Crippen LogP contribution in [0.3, 0.4) is 0 Å². The Kier molecular flexibility index (Phi) is 14.5. The molecule has 0 saturated carbocycles. The molecule has 63 heavy (non-hydrogen) atoms. The summed E-state index contributed by atoms with van der Waals surface area (Å²) in [6, 6.07) is 37.6. The lowest BCUT2D eigenvalue weighted by Crippen LogP contribution is -2.40. The maximum atomic E-state index is 14.2. The highest BCUT2D eigenvalue weighted by atomic mass is 35.5. The number of nitrogens with zero attached hydrogens (tertiary/aromatic N) is 4. The molecule has 0 spiro atoms. The second-order valence-electron chi connectivity index (χ2n) is 15.9. The third-order valence-corrected chi connectivity index (χ3v) is 12.5. The lowest BCUT2D eigenvalue weighted by Gasteiger charge is -2.26. The van der Waals surface area contributed by atoms with Gasteiger partial charge in [0, 0.05) is 50.9 Å². The van der Waals surface area contributed by atoms with E-state index in [-0.39, 0.29) is 29.8 Å². The van der Waals surface area contributed by atoms with Gasteiger partial charge in [-0.15, -0.1) is 0 Å². The summed E-state index contributed by atoms with van der Waals surface area (Å²) in [6.45, 7) is 9.76. The predicted octanol–water partition coefficient (Wildman–Crippen LogP) is 10.3. The van der Waals surface area contributed by atoms with E-state index in [1.54, 1.807) is 53.4 Å². The summed E-state index contributed by atoms with van der Waals surface area (Å²) >= 11 is 12.6. The second kappa shape index (κ2) is 20.4. The number of carbonyl (C=O) groups excluding carboxylic acids is 2. The van der Waals surface area contributed by atoms with E-state index in [4.69, 9.17) is 53.7 Å². The van der Waals surface area contributed by atoms with Crippen molar-refractivity contribution >= 4 is 65.4 Å². The largest absolute Gasteiger partial charge is 0.457 e. The minimum atomic E-state index is -1.32. The summed E-state index contributed by atoms with van der Waals surface area (Å²) in [7, 11) is -1.32. The fraction of sp³-hybridized carbons (Fsp3) is 0.213. The van der Waals surface area contributed by atoms with E-state index < -0.39 is 8.07 Å². The van der Waals surface area contributed by atoms with E-state index in [9.17, 15) is 9.59 Å². The summed E-state index contributed by atoms with van der Waals surface area (Å²) in [5.74, 6) is 7.72. The quantitative estimate of drug-likeness (QED) is 0.0315. The van der Waals surface area contributed by atoms with Crippen LogP contribution in [-0.4, -0.2) is 71.9 Å². The van der Waals surface area contributed by atoms with Gasteiger partial charge < -0.3 is 39.6 Å². The number of morpholine rings is 1. The van der Waals surface area contributed by atoms with E-state index in [2.05, 4.69) is 30.2 Å². The Morgan fingerprint density at radius 2 is 1.43 bits per heavy atom. The van der Waals surface area contributed by atoms with Gasteiger partial charge in [-0.2, -0.15) is 5.10 Å². The number of nitrogens with two attached hydrogens (primary N) is 2. The number of ketones is 1. The van der Waals surface area contributed by atoms with Crippen LogP contribution in [0.1, 0.15) is 26.4 Å². The van der Waals surface area contributed by atoms with E-state index in [0.29, 0.717) is 82.8 Å². The van der Waals surface area contributed by atoms with E-state index >= 15 is 0 Å². The molecular weight excluding hydrogens is 858 g/mol. The molecule has 0 aliphatic carbocycles. The molecule has 5 aromatic carbocycles. The number of anilines is 2. The number of aromatic nitrogens is 3. The van der Waals surface area contributed by atoms with Crippen molar-refractivity contribution in [2.75, 3.05) is 44.1 Å². The molecule has 5 N–H and O–H groups in total. The topological polar surface area (TPSA) is 161 Å². The monoisotopic (exact) mass is 905 g/mol. The number of hydrogen-bond acceptors (Lipinski definition) is 10. The van der Waals surface area contributed by atoms with Crippen molar-refractivity contribution in [1.29, 1.82) is 0 Å². The van der Waals surface area contributed by atoms with Crippen LogP contribution < -0.4 is 26.5 Å². The van der Waals surface area contributed by atoms with Gasteiger partial charge >= 0.3 is 0 Å². The number of para-hydroxylation sites is 2. The minimum Gasteiger partial charge on any atom is -0.457 e. The molecular formula is C47H49Cl2N7O6Si. The van der Waals surface area contributed by atoms with Gasteiger partial charge in [0.15, 0.2) is 0 Å². The number of nitrogen functional groups attached to an aromatic ring is 2. The number of hydrogen-bond donors (Lipinski definition) is 3. The highest BCUT2D eigenvalue weighted by molar-refractivity contribution is 6.76. The van der Waals surface area contributed by atoms with Crippen LogP contribution in [0.4, 0.5) is 11.5 Å². The first-order valence-electron chi connectivity index (χ1n) is 20.4. The Morgan fingerprint density at radius 1 is 0.794 bits per heavy atom. The number of carbonyl (C=O) groups is 2. The smallest absolute Gasteiger partial charge is 0.254 e. The lowest BCUT2D eigenvalue weighted by atomic mass is 10.1. The minimum absolute atomic E-state index is 0.0650. The Labute approximate surface area is 377 Å². The molecule has 16 heteroatoms. The SMILES string of the molecule is C[Si](C)(C)CCOCn1c(C(=O)c2cnn(-c3ccc(Oc4ccccc4)cc3Cl)c2N)cc2cc(C(=O)N3CCOCC3)ccc21.NNc1ccc(Oc2ccccc2)cc1Cl.